The molecule has 1 aromatic carbocycles. The van der Waals surface area contributed by atoms with Crippen LogP contribution in [0.2, 0.25) is 0 Å². The maximum Gasteiger partial charge on any atom is 0.244 e. The lowest BCUT2D eigenvalue weighted by Crippen LogP contribution is -2.48. The van der Waals surface area contributed by atoms with Gasteiger partial charge in [0, 0.05) is 11.8 Å². The first kappa shape index (κ1) is 17.7. The molecule has 4 nitrogen and oxygen atoms in total. The lowest BCUT2D eigenvalue weighted by molar-refractivity contribution is -0.120. The van der Waals surface area contributed by atoms with Gasteiger partial charge in [-0.3, -0.25) is 4.79 Å². The molecular formula is C14H23ClN2O2. The average Bonchev–Trinajstić information content (AvgIpc) is 2.29. The first-order valence-electron chi connectivity index (χ1n) is 6.32. The van der Waals surface area contributed by atoms with Crippen molar-refractivity contribution in [3.05, 3.63) is 24.3 Å². The van der Waals surface area contributed by atoms with E-state index in [1.54, 1.807) is 13.0 Å². The van der Waals surface area contributed by atoms with Crippen molar-refractivity contribution in [2.75, 3.05) is 11.9 Å². The normalized spacial score (nSPS) is 13.1. The first-order chi connectivity index (χ1) is 8.49. The molecule has 19 heavy (non-hydrogen) atoms. The Hall–Kier alpha value is -1.26. The Morgan fingerprint density at radius 1 is 1.42 bits per heavy atom. The zero-order valence-electron chi connectivity index (χ0n) is 11.7. The highest BCUT2D eigenvalue weighted by molar-refractivity contribution is 5.97. The molecular weight excluding hydrogens is 264 g/mol. The second kappa shape index (κ2) is 8.02. The molecule has 5 heteroatoms. The molecule has 0 aromatic heterocycles. The van der Waals surface area contributed by atoms with Crippen molar-refractivity contribution in [2.24, 2.45) is 5.73 Å². The summed E-state index contributed by atoms with van der Waals surface area (Å²) in [7, 11) is 0. The summed E-state index contributed by atoms with van der Waals surface area (Å²) in [6.45, 7) is 6.28. The van der Waals surface area contributed by atoms with E-state index >= 15 is 0 Å². The molecule has 0 aliphatic heterocycles. The van der Waals surface area contributed by atoms with Crippen molar-refractivity contribution >= 4 is 24.0 Å². The molecule has 0 bridgehead atoms. The maximum absolute atomic E-state index is 12.0. The van der Waals surface area contributed by atoms with E-state index in [-0.39, 0.29) is 18.3 Å². The van der Waals surface area contributed by atoms with Crippen LogP contribution in [0.25, 0.3) is 0 Å². The Labute approximate surface area is 121 Å². The number of halogens is 1. The molecule has 0 heterocycles. The average molecular weight is 287 g/mol. The van der Waals surface area contributed by atoms with Gasteiger partial charge in [0.1, 0.15) is 5.75 Å². The van der Waals surface area contributed by atoms with Gasteiger partial charge in [-0.1, -0.05) is 19.4 Å². The lowest BCUT2D eigenvalue weighted by Gasteiger charge is -2.22. The largest absolute Gasteiger partial charge is 0.494 e. The number of benzene rings is 1. The maximum atomic E-state index is 12.0. The van der Waals surface area contributed by atoms with E-state index in [0.717, 1.165) is 12.2 Å². The second-order valence-electron chi connectivity index (χ2n) is 4.58. The fourth-order valence-electron chi connectivity index (χ4n) is 1.74. The molecule has 0 fully saturated rings. The number of carbonyl (C=O) groups excluding carboxylic acids is 1. The van der Waals surface area contributed by atoms with Gasteiger partial charge in [-0.05, 0) is 32.4 Å². The lowest BCUT2D eigenvalue weighted by atomic mass is 9.96. The molecule has 1 rings (SSSR count). The third-order valence-corrected chi connectivity index (χ3v) is 2.69. The number of nitrogens with two attached hydrogens (primary N) is 1. The molecule has 1 amide bonds. The van der Waals surface area contributed by atoms with Crippen LogP contribution in [0.3, 0.4) is 0 Å². The van der Waals surface area contributed by atoms with Crippen LogP contribution in [0.15, 0.2) is 24.3 Å². The summed E-state index contributed by atoms with van der Waals surface area (Å²) in [6.07, 6.45) is 1.53. The summed E-state index contributed by atoms with van der Waals surface area (Å²) in [4.78, 5) is 12.0. The molecule has 0 saturated carbocycles. The van der Waals surface area contributed by atoms with Gasteiger partial charge in [-0.25, -0.2) is 0 Å². The predicted molar refractivity (Wildman–Crippen MR) is 81.0 cm³/mol. The number of ether oxygens (including phenoxy) is 1. The van der Waals surface area contributed by atoms with Crippen LogP contribution in [-0.4, -0.2) is 18.1 Å². The summed E-state index contributed by atoms with van der Waals surface area (Å²) < 4.78 is 5.38. The van der Waals surface area contributed by atoms with Gasteiger partial charge in [0.2, 0.25) is 5.91 Å². The summed E-state index contributed by atoms with van der Waals surface area (Å²) >= 11 is 0. The Balaban J connectivity index is 0.00000324. The predicted octanol–water partition coefficient (Wildman–Crippen LogP) is 2.96. The third-order valence-electron chi connectivity index (χ3n) is 2.69. The molecule has 0 radical (unpaired) electrons. The van der Waals surface area contributed by atoms with Crippen molar-refractivity contribution in [3.63, 3.8) is 0 Å². The second-order valence-corrected chi connectivity index (χ2v) is 4.58. The highest BCUT2D eigenvalue weighted by Gasteiger charge is 2.27. The van der Waals surface area contributed by atoms with Crippen LogP contribution in [0.4, 0.5) is 5.69 Å². The fourth-order valence-corrected chi connectivity index (χ4v) is 1.74. The van der Waals surface area contributed by atoms with Crippen LogP contribution in [-0.2, 0) is 4.79 Å². The quantitative estimate of drug-likeness (QED) is 0.845. The SMILES string of the molecule is CCCC(C)(N)C(=O)Nc1cccc(OCC)c1.Cl. The van der Waals surface area contributed by atoms with Gasteiger partial charge >= 0.3 is 0 Å². The molecule has 1 aromatic rings. The van der Waals surface area contributed by atoms with E-state index in [0.29, 0.717) is 18.7 Å². The molecule has 108 valence electrons. The number of anilines is 1. The van der Waals surface area contributed by atoms with E-state index in [9.17, 15) is 4.79 Å². The van der Waals surface area contributed by atoms with Crippen LogP contribution < -0.4 is 15.8 Å². The summed E-state index contributed by atoms with van der Waals surface area (Å²) in [5, 5.41) is 2.82. The van der Waals surface area contributed by atoms with Gasteiger partial charge < -0.3 is 15.8 Å². The minimum absolute atomic E-state index is 0. The molecule has 0 saturated heterocycles. The first-order valence-corrected chi connectivity index (χ1v) is 6.32. The zero-order valence-corrected chi connectivity index (χ0v) is 12.5. The Morgan fingerprint density at radius 2 is 2.11 bits per heavy atom. The van der Waals surface area contributed by atoms with Crippen molar-refractivity contribution < 1.29 is 9.53 Å². The van der Waals surface area contributed by atoms with Gasteiger partial charge in [0.15, 0.2) is 0 Å². The number of nitrogens with one attached hydrogen (secondary N) is 1. The fraction of sp³-hybridized carbons (Fsp3) is 0.500. The highest BCUT2D eigenvalue weighted by atomic mass is 35.5. The molecule has 0 spiro atoms. The topological polar surface area (TPSA) is 64.4 Å². The summed E-state index contributed by atoms with van der Waals surface area (Å²) in [5.74, 6) is 0.572. The third kappa shape index (κ3) is 5.49. The van der Waals surface area contributed by atoms with Gasteiger partial charge in [0.05, 0.1) is 12.1 Å². The summed E-state index contributed by atoms with van der Waals surface area (Å²) in [6, 6.07) is 7.31. The van der Waals surface area contributed by atoms with E-state index in [2.05, 4.69) is 5.32 Å². The highest BCUT2D eigenvalue weighted by Crippen LogP contribution is 2.19. The molecule has 0 aliphatic carbocycles. The minimum Gasteiger partial charge on any atom is -0.494 e. The molecule has 3 N–H and O–H groups in total. The van der Waals surface area contributed by atoms with Crippen molar-refractivity contribution in [1.29, 1.82) is 0 Å². The van der Waals surface area contributed by atoms with Gasteiger partial charge in [-0.15, -0.1) is 12.4 Å². The van der Waals surface area contributed by atoms with Crippen LogP contribution >= 0.6 is 12.4 Å². The van der Waals surface area contributed by atoms with Crippen LogP contribution in [0, 0.1) is 0 Å². The molecule has 1 atom stereocenters. The van der Waals surface area contributed by atoms with Gasteiger partial charge in [-0.2, -0.15) is 0 Å². The van der Waals surface area contributed by atoms with Crippen LogP contribution in [0.1, 0.15) is 33.6 Å². The number of rotatable bonds is 6. The van der Waals surface area contributed by atoms with E-state index in [1.165, 1.54) is 0 Å². The summed E-state index contributed by atoms with van der Waals surface area (Å²) in [5.41, 5.74) is 5.84. The van der Waals surface area contributed by atoms with E-state index in [4.69, 9.17) is 10.5 Å². The molecule has 1 unspecified atom stereocenters. The molecule has 0 aliphatic rings. The van der Waals surface area contributed by atoms with E-state index in [1.807, 2.05) is 32.0 Å². The number of carbonyl (C=O) groups is 1. The van der Waals surface area contributed by atoms with Crippen LogP contribution in [0.5, 0.6) is 5.75 Å². The Kier molecular flexibility index (Phi) is 7.49. The smallest absolute Gasteiger partial charge is 0.244 e. The van der Waals surface area contributed by atoms with Crippen molar-refractivity contribution in [1.82, 2.24) is 0 Å². The number of amides is 1. The zero-order chi connectivity index (χ0) is 13.6. The van der Waals surface area contributed by atoms with Crippen molar-refractivity contribution in [2.45, 2.75) is 39.2 Å². The monoisotopic (exact) mass is 286 g/mol. The minimum atomic E-state index is -0.837. The van der Waals surface area contributed by atoms with E-state index < -0.39 is 5.54 Å². The Morgan fingerprint density at radius 3 is 2.68 bits per heavy atom. The Bertz CT molecular complexity index is 408. The van der Waals surface area contributed by atoms with Gasteiger partial charge in [0.25, 0.3) is 0 Å². The number of hydrogen-bond donors (Lipinski definition) is 2. The number of hydrogen-bond acceptors (Lipinski definition) is 3. The van der Waals surface area contributed by atoms with Crippen molar-refractivity contribution in [3.8, 4) is 5.75 Å². The standard InChI is InChI=1S/C14H22N2O2.ClH/c1-4-9-14(3,15)13(17)16-11-7-6-8-12(10-11)18-5-2;/h6-8,10H,4-5,9,15H2,1-3H3,(H,16,17);1H.